The normalized spacial score (nSPS) is 11.0. The minimum Gasteiger partial charge on any atom is -0.493 e. The van der Waals surface area contributed by atoms with Crippen molar-refractivity contribution in [2.24, 2.45) is 0 Å². The largest absolute Gasteiger partial charge is 0.493 e. The molecule has 0 aliphatic carbocycles. The van der Waals surface area contributed by atoms with Crippen LogP contribution in [-0.2, 0) is 6.54 Å². The zero-order valence-corrected chi connectivity index (χ0v) is 22.6. The van der Waals surface area contributed by atoms with Crippen molar-refractivity contribution in [1.82, 2.24) is 14.5 Å². The highest BCUT2D eigenvalue weighted by atomic mass is 19.1. The lowest BCUT2D eigenvalue weighted by Gasteiger charge is -2.14. The smallest absolute Gasteiger partial charge is 0.262 e. The van der Waals surface area contributed by atoms with Crippen LogP contribution in [0.1, 0.15) is 5.56 Å². The number of hydrogen-bond acceptors (Lipinski definition) is 7. The fraction of sp³-hybridized carbons (Fsp3) is 0.0938. The molecule has 0 atom stereocenters. The van der Waals surface area contributed by atoms with Gasteiger partial charge in [0.2, 0.25) is 0 Å². The Morgan fingerprint density at radius 1 is 0.810 bits per heavy atom. The molecule has 42 heavy (non-hydrogen) atoms. The molecule has 3 aromatic carbocycles. The second-order valence-corrected chi connectivity index (χ2v) is 9.40. The summed E-state index contributed by atoms with van der Waals surface area (Å²) in [7, 11) is 3.06. The molecule has 0 aliphatic rings. The SMILES string of the molecule is COc1cc2nccc(Oc3ccc(Nc4nccc5ccn(Cc6ccc(F)cc6)c(=O)c45)cc3F)c2cc1OC. The molecule has 0 bridgehead atoms. The molecule has 0 aliphatic heterocycles. The first-order chi connectivity index (χ1) is 20.4. The lowest BCUT2D eigenvalue weighted by atomic mass is 10.1. The summed E-state index contributed by atoms with van der Waals surface area (Å²) in [5.41, 5.74) is 1.45. The van der Waals surface area contributed by atoms with Gasteiger partial charge in [0, 0.05) is 41.8 Å². The van der Waals surface area contributed by atoms with Crippen LogP contribution in [0.25, 0.3) is 21.7 Å². The number of anilines is 2. The molecule has 6 rings (SSSR count). The molecule has 8 nitrogen and oxygen atoms in total. The number of hydrogen-bond donors (Lipinski definition) is 1. The molecular weight excluding hydrogens is 542 g/mol. The lowest BCUT2D eigenvalue weighted by Crippen LogP contribution is -2.21. The molecule has 0 amide bonds. The highest BCUT2D eigenvalue weighted by molar-refractivity contribution is 5.92. The molecule has 0 unspecified atom stereocenters. The minimum atomic E-state index is -0.626. The third-order valence-corrected chi connectivity index (χ3v) is 6.78. The van der Waals surface area contributed by atoms with Gasteiger partial charge in [0.05, 0.1) is 31.7 Å². The van der Waals surface area contributed by atoms with Crippen LogP contribution in [0, 0.1) is 11.6 Å². The third kappa shape index (κ3) is 5.17. The van der Waals surface area contributed by atoms with E-state index in [1.807, 2.05) is 0 Å². The number of benzene rings is 3. The van der Waals surface area contributed by atoms with E-state index in [2.05, 4.69) is 15.3 Å². The number of fused-ring (bicyclic) bond motifs is 2. The average Bonchev–Trinajstić information content (AvgIpc) is 3.00. The van der Waals surface area contributed by atoms with Crippen molar-refractivity contribution in [3.05, 3.63) is 119 Å². The summed E-state index contributed by atoms with van der Waals surface area (Å²) in [6.45, 7) is 0.256. The standard InChI is InChI=1S/C32H24F2N4O4/c1-40-28-16-23-25(17-29(28)41-2)35-13-10-26(23)42-27-8-7-22(15-24(27)34)37-31-30-20(9-12-36-31)11-14-38(32(30)39)18-19-3-5-21(33)6-4-19/h3-17H,18H2,1-2H3,(H,36,37). The van der Waals surface area contributed by atoms with Crippen LogP contribution in [0.5, 0.6) is 23.0 Å². The summed E-state index contributed by atoms with van der Waals surface area (Å²) in [6.07, 6.45) is 4.81. The van der Waals surface area contributed by atoms with Gasteiger partial charge < -0.3 is 24.1 Å². The van der Waals surface area contributed by atoms with Gasteiger partial charge in [0.1, 0.15) is 17.4 Å². The maximum Gasteiger partial charge on any atom is 0.262 e. The topological polar surface area (TPSA) is 87.5 Å². The zero-order chi connectivity index (χ0) is 29.2. The van der Waals surface area contributed by atoms with Crippen LogP contribution < -0.4 is 25.1 Å². The van der Waals surface area contributed by atoms with Gasteiger partial charge >= 0.3 is 0 Å². The Labute approximate surface area is 238 Å². The molecule has 0 saturated carbocycles. The van der Waals surface area contributed by atoms with E-state index in [9.17, 15) is 9.18 Å². The van der Waals surface area contributed by atoms with Crippen LogP contribution in [0.4, 0.5) is 20.3 Å². The number of ether oxygens (including phenoxy) is 3. The zero-order valence-electron chi connectivity index (χ0n) is 22.6. The molecule has 0 spiro atoms. The Morgan fingerprint density at radius 3 is 2.33 bits per heavy atom. The molecular formula is C32H24F2N4O4. The summed E-state index contributed by atoms with van der Waals surface area (Å²) in [6, 6.07) is 18.9. The van der Waals surface area contributed by atoms with Gasteiger partial charge in [-0.05, 0) is 59.5 Å². The Kier molecular flexibility index (Phi) is 7.10. The highest BCUT2D eigenvalue weighted by Crippen LogP contribution is 2.37. The Balaban J connectivity index is 1.29. The van der Waals surface area contributed by atoms with E-state index >= 15 is 4.39 Å². The van der Waals surface area contributed by atoms with E-state index in [4.69, 9.17) is 14.2 Å². The number of halogens is 2. The van der Waals surface area contributed by atoms with Gasteiger partial charge in [0.15, 0.2) is 23.1 Å². The summed E-state index contributed by atoms with van der Waals surface area (Å²) in [5, 5.41) is 4.70. The monoisotopic (exact) mass is 566 g/mol. The van der Waals surface area contributed by atoms with E-state index in [1.165, 1.54) is 43.1 Å². The fourth-order valence-corrected chi connectivity index (χ4v) is 4.68. The average molecular weight is 567 g/mol. The van der Waals surface area contributed by atoms with Gasteiger partial charge in [-0.2, -0.15) is 0 Å². The van der Waals surface area contributed by atoms with Crippen LogP contribution in [0.15, 0.2) is 96.2 Å². The molecule has 3 heterocycles. The van der Waals surface area contributed by atoms with Crippen LogP contribution in [0.3, 0.4) is 0 Å². The van der Waals surface area contributed by atoms with Crippen molar-refractivity contribution >= 4 is 33.2 Å². The third-order valence-electron chi connectivity index (χ3n) is 6.78. The molecule has 0 radical (unpaired) electrons. The van der Waals surface area contributed by atoms with Crippen LogP contribution in [0.2, 0.25) is 0 Å². The Bertz CT molecular complexity index is 1990. The van der Waals surface area contributed by atoms with Gasteiger partial charge in [0.25, 0.3) is 5.56 Å². The molecule has 3 aromatic heterocycles. The number of nitrogens with one attached hydrogen (secondary N) is 1. The molecule has 210 valence electrons. The van der Waals surface area contributed by atoms with E-state index in [1.54, 1.807) is 67.1 Å². The van der Waals surface area contributed by atoms with E-state index in [-0.39, 0.29) is 29.5 Å². The Morgan fingerprint density at radius 2 is 1.57 bits per heavy atom. The van der Waals surface area contributed by atoms with Crippen molar-refractivity contribution < 1.29 is 23.0 Å². The second kappa shape index (κ2) is 11.2. The molecule has 0 saturated heterocycles. The van der Waals surface area contributed by atoms with Gasteiger partial charge in [-0.3, -0.25) is 9.78 Å². The minimum absolute atomic E-state index is 0.00429. The van der Waals surface area contributed by atoms with Crippen molar-refractivity contribution in [1.29, 1.82) is 0 Å². The first-order valence-electron chi connectivity index (χ1n) is 12.9. The predicted octanol–water partition coefficient (Wildman–Crippen LogP) is 6.82. The molecule has 6 aromatic rings. The number of nitrogens with zero attached hydrogens (tertiary/aromatic N) is 3. The van der Waals surface area contributed by atoms with Crippen LogP contribution in [-0.4, -0.2) is 28.8 Å². The van der Waals surface area contributed by atoms with Gasteiger partial charge in [-0.1, -0.05) is 12.1 Å². The summed E-state index contributed by atoms with van der Waals surface area (Å²) in [5.74, 6) is 0.689. The fourth-order valence-electron chi connectivity index (χ4n) is 4.68. The molecule has 1 N–H and O–H groups in total. The lowest BCUT2D eigenvalue weighted by molar-refractivity contribution is 0.355. The maximum absolute atomic E-state index is 15.3. The van der Waals surface area contributed by atoms with Gasteiger partial charge in [-0.25, -0.2) is 13.8 Å². The first-order valence-corrected chi connectivity index (χ1v) is 12.9. The van der Waals surface area contributed by atoms with Gasteiger partial charge in [-0.15, -0.1) is 0 Å². The second-order valence-electron chi connectivity index (χ2n) is 9.40. The van der Waals surface area contributed by atoms with Crippen molar-refractivity contribution in [3.8, 4) is 23.0 Å². The first kappa shape index (κ1) is 26.7. The Hall–Kier alpha value is -5.51. The number of rotatable bonds is 8. The predicted molar refractivity (Wildman–Crippen MR) is 156 cm³/mol. The number of pyridine rings is 3. The molecule has 10 heteroatoms. The quantitative estimate of drug-likeness (QED) is 0.216. The number of methoxy groups -OCH3 is 2. The van der Waals surface area contributed by atoms with Crippen molar-refractivity contribution in [2.45, 2.75) is 6.54 Å². The highest BCUT2D eigenvalue weighted by Gasteiger charge is 2.15. The van der Waals surface area contributed by atoms with Crippen molar-refractivity contribution in [3.63, 3.8) is 0 Å². The van der Waals surface area contributed by atoms with Crippen LogP contribution >= 0.6 is 0 Å². The summed E-state index contributed by atoms with van der Waals surface area (Å²) in [4.78, 5) is 22.1. The summed E-state index contributed by atoms with van der Waals surface area (Å²) >= 11 is 0. The summed E-state index contributed by atoms with van der Waals surface area (Å²) < 4.78 is 46.8. The van der Waals surface area contributed by atoms with Crippen molar-refractivity contribution in [2.75, 3.05) is 19.5 Å². The molecule has 0 fully saturated rings. The van der Waals surface area contributed by atoms with E-state index < -0.39 is 5.82 Å². The number of aromatic nitrogens is 3. The van der Waals surface area contributed by atoms with E-state index in [0.717, 1.165) is 5.56 Å². The maximum atomic E-state index is 15.3. The van der Waals surface area contributed by atoms with E-state index in [0.29, 0.717) is 44.6 Å².